The molecule has 0 aliphatic heterocycles. The standard InChI is InChI=1S/C14H19IN2O/c1-13(2,3)17-11-7-6-9(14(4,5)15)8-10(11)16-12(17)18/h6-8H,1-5H3,(H,16,18). The molecular weight excluding hydrogens is 339 g/mol. The first-order chi connectivity index (χ1) is 8.10. The van der Waals surface area contributed by atoms with Crippen molar-refractivity contribution in [3.8, 4) is 0 Å². The zero-order valence-electron chi connectivity index (χ0n) is 11.5. The second-order valence-electron chi connectivity index (χ2n) is 6.14. The molecule has 0 radical (unpaired) electrons. The van der Waals surface area contributed by atoms with E-state index in [2.05, 4.69) is 53.6 Å². The predicted octanol–water partition coefficient (Wildman–Crippen LogP) is 3.75. The highest BCUT2D eigenvalue weighted by molar-refractivity contribution is 14.1. The Labute approximate surface area is 121 Å². The van der Waals surface area contributed by atoms with Gasteiger partial charge in [0.2, 0.25) is 0 Å². The highest BCUT2D eigenvalue weighted by Crippen LogP contribution is 2.32. The number of fused-ring (bicyclic) bond motifs is 1. The van der Waals surface area contributed by atoms with Crippen molar-refractivity contribution in [1.82, 2.24) is 9.55 Å². The fourth-order valence-corrected chi connectivity index (χ4v) is 2.48. The van der Waals surface area contributed by atoms with Crippen LogP contribution >= 0.6 is 22.6 Å². The first-order valence-corrected chi connectivity index (χ1v) is 7.13. The molecule has 1 aromatic heterocycles. The first kappa shape index (κ1) is 13.6. The highest BCUT2D eigenvalue weighted by atomic mass is 127. The molecule has 1 heterocycles. The van der Waals surface area contributed by atoms with E-state index in [0.717, 1.165) is 11.0 Å². The van der Waals surface area contributed by atoms with Crippen molar-refractivity contribution in [2.75, 3.05) is 0 Å². The normalized spacial score (nSPS) is 13.2. The SMILES string of the molecule is CC(C)(I)c1ccc2c(c1)[nH]c(=O)n2C(C)(C)C. The average Bonchev–Trinajstić information content (AvgIpc) is 2.49. The highest BCUT2D eigenvalue weighted by Gasteiger charge is 2.21. The molecule has 4 heteroatoms. The Morgan fingerprint density at radius 2 is 1.78 bits per heavy atom. The van der Waals surface area contributed by atoms with Crippen LogP contribution in [0.4, 0.5) is 0 Å². The van der Waals surface area contributed by atoms with Gasteiger partial charge in [-0.05, 0) is 52.3 Å². The average molecular weight is 358 g/mol. The summed E-state index contributed by atoms with van der Waals surface area (Å²) < 4.78 is 1.87. The number of rotatable bonds is 1. The molecule has 3 nitrogen and oxygen atoms in total. The molecule has 0 amide bonds. The zero-order valence-corrected chi connectivity index (χ0v) is 13.6. The second-order valence-corrected chi connectivity index (χ2v) is 8.84. The zero-order chi connectivity index (χ0) is 13.7. The van der Waals surface area contributed by atoms with Crippen LogP contribution in [0, 0.1) is 0 Å². The van der Waals surface area contributed by atoms with Gasteiger partial charge in [0.25, 0.3) is 0 Å². The Balaban J connectivity index is 2.74. The molecule has 0 fully saturated rings. The summed E-state index contributed by atoms with van der Waals surface area (Å²) in [4.78, 5) is 15.0. The summed E-state index contributed by atoms with van der Waals surface area (Å²) >= 11 is 2.41. The number of nitrogens with zero attached hydrogens (tertiary/aromatic N) is 1. The minimum absolute atomic E-state index is 0.0408. The van der Waals surface area contributed by atoms with Crippen LogP contribution in [0.15, 0.2) is 23.0 Å². The molecule has 0 aliphatic carbocycles. The molecule has 0 unspecified atom stereocenters. The maximum Gasteiger partial charge on any atom is 0.326 e. The Morgan fingerprint density at radius 3 is 2.28 bits per heavy atom. The van der Waals surface area contributed by atoms with Gasteiger partial charge in [0, 0.05) is 8.96 Å². The van der Waals surface area contributed by atoms with Crippen LogP contribution in [0.3, 0.4) is 0 Å². The molecule has 2 aromatic rings. The lowest BCUT2D eigenvalue weighted by Gasteiger charge is -2.21. The molecule has 0 bridgehead atoms. The van der Waals surface area contributed by atoms with Crippen LogP contribution < -0.4 is 5.69 Å². The molecule has 98 valence electrons. The summed E-state index contributed by atoms with van der Waals surface area (Å²) in [6.07, 6.45) is 0. The fraction of sp³-hybridized carbons (Fsp3) is 0.500. The number of aromatic nitrogens is 2. The number of imidazole rings is 1. The largest absolute Gasteiger partial charge is 0.326 e. The number of alkyl halides is 1. The van der Waals surface area contributed by atoms with Crippen molar-refractivity contribution in [3.05, 3.63) is 34.2 Å². The summed E-state index contributed by atoms with van der Waals surface area (Å²) in [6.45, 7) is 10.4. The predicted molar refractivity (Wildman–Crippen MR) is 84.6 cm³/mol. The third-order valence-corrected chi connectivity index (χ3v) is 3.66. The number of H-pyrrole nitrogens is 1. The van der Waals surface area contributed by atoms with Crippen LogP contribution in [-0.2, 0) is 8.96 Å². The Bertz CT molecular complexity index is 638. The van der Waals surface area contributed by atoms with Gasteiger partial charge < -0.3 is 4.98 Å². The summed E-state index contributed by atoms with van der Waals surface area (Å²) in [5, 5.41) is 0. The molecule has 18 heavy (non-hydrogen) atoms. The lowest BCUT2D eigenvalue weighted by Crippen LogP contribution is -2.31. The van der Waals surface area contributed by atoms with Gasteiger partial charge >= 0.3 is 5.69 Å². The van der Waals surface area contributed by atoms with Gasteiger partial charge in [-0.1, -0.05) is 28.7 Å². The van der Waals surface area contributed by atoms with Crippen molar-refractivity contribution in [2.45, 2.75) is 43.6 Å². The van der Waals surface area contributed by atoms with E-state index in [-0.39, 0.29) is 14.7 Å². The molecular formula is C14H19IN2O. The summed E-state index contributed by atoms with van der Waals surface area (Å²) in [5.41, 5.74) is 2.85. The van der Waals surface area contributed by atoms with Crippen LogP contribution in [-0.4, -0.2) is 9.55 Å². The Kier molecular flexibility index (Phi) is 3.12. The van der Waals surface area contributed by atoms with E-state index >= 15 is 0 Å². The van der Waals surface area contributed by atoms with Crippen LogP contribution in [0.5, 0.6) is 0 Å². The molecule has 1 N–H and O–H groups in total. The first-order valence-electron chi connectivity index (χ1n) is 6.05. The molecule has 2 rings (SSSR count). The van der Waals surface area contributed by atoms with Crippen molar-refractivity contribution in [1.29, 1.82) is 0 Å². The maximum atomic E-state index is 12.1. The lowest BCUT2D eigenvalue weighted by atomic mass is 10.0. The minimum atomic E-state index is -0.212. The quantitative estimate of drug-likeness (QED) is 0.612. The Hall–Kier alpha value is -0.780. The van der Waals surface area contributed by atoms with Crippen LogP contribution in [0.25, 0.3) is 11.0 Å². The van der Waals surface area contributed by atoms with E-state index in [1.165, 1.54) is 5.56 Å². The van der Waals surface area contributed by atoms with Crippen molar-refractivity contribution >= 4 is 33.6 Å². The fourth-order valence-electron chi connectivity index (χ4n) is 2.15. The maximum absolute atomic E-state index is 12.1. The third kappa shape index (κ3) is 2.35. The van der Waals surface area contributed by atoms with Crippen LogP contribution in [0.2, 0.25) is 0 Å². The van der Waals surface area contributed by atoms with Crippen LogP contribution in [0.1, 0.15) is 40.2 Å². The van der Waals surface area contributed by atoms with E-state index < -0.39 is 0 Å². The van der Waals surface area contributed by atoms with E-state index in [1.807, 2.05) is 31.4 Å². The molecule has 1 aromatic carbocycles. The molecule has 0 saturated carbocycles. The van der Waals surface area contributed by atoms with Crippen molar-refractivity contribution in [2.24, 2.45) is 0 Å². The van der Waals surface area contributed by atoms with Gasteiger partial charge in [0.1, 0.15) is 0 Å². The number of hydrogen-bond donors (Lipinski definition) is 1. The van der Waals surface area contributed by atoms with E-state index in [9.17, 15) is 4.79 Å². The Morgan fingerprint density at radius 1 is 1.17 bits per heavy atom. The lowest BCUT2D eigenvalue weighted by molar-refractivity contribution is 0.397. The smallest absolute Gasteiger partial charge is 0.306 e. The van der Waals surface area contributed by atoms with Gasteiger partial charge in [-0.3, -0.25) is 4.57 Å². The third-order valence-electron chi connectivity index (χ3n) is 3.04. The van der Waals surface area contributed by atoms with E-state index in [1.54, 1.807) is 0 Å². The molecule has 0 spiro atoms. The summed E-state index contributed by atoms with van der Waals surface area (Å²) in [6, 6.07) is 6.21. The van der Waals surface area contributed by atoms with Gasteiger partial charge in [0.05, 0.1) is 11.0 Å². The van der Waals surface area contributed by atoms with E-state index in [4.69, 9.17) is 0 Å². The molecule has 0 atom stereocenters. The van der Waals surface area contributed by atoms with Crippen molar-refractivity contribution < 1.29 is 0 Å². The molecule has 0 aliphatic rings. The topological polar surface area (TPSA) is 37.8 Å². The number of aromatic amines is 1. The minimum Gasteiger partial charge on any atom is -0.306 e. The van der Waals surface area contributed by atoms with Crippen molar-refractivity contribution in [3.63, 3.8) is 0 Å². The second kappa shape index (κ2) is 4.11. The van der Waals surface area contributed by atoms with Gasteiger partial charge in [-0.25, -0.2) is 4.79 Å². The summed E-state index contributed by atoms with van der Waals surface area (Å²) in [7, 11) is 0. The number of hydrogen-bond acceptors (Lipinski definition) is 1. The van der Waals surface area contributed by atoms with Gasteiger partial charge in [0.15, 0.2) is 0 Å². The van der Waals surface area contributed by atoms with E-state index in [0.29, 0.717) is 0 Å². The number of halogens is 1. The molecule has 0 saturated heterocycles. The number of benzene rings is 1. The monoisotopic (exact) mass is 358 g/mol. The summed E-state index contributed by atoms with van der Waals surface area (Å²) in [5.74, 6) is 0. The number of nitrogens with one attached hydrogen (secondary N) is 1. The van der Waals surface area contributed by atoms with Gasteiger partial charge in [-0.2, -0.15) is 0 Å². The van der Waals surface area contributed by atoms with Gasteiger partial charge in [-0.15, -0.1) is 0 Å².